The van der Waals surface area contributed by atoms with Crippen molar-refractivity contribution in [2.75, 3.05) is 0 Å². The summed E-state index contributed by atoms with van der Waals surface area (Å²) in [5.41, 5.74) is 0. The third kappa shape index (κ3) is 7.42. The molecule has 2 heteroatoms. The average Bonchev–Trinajstić information content (AvgIpc) is 1.81. The Morgan fingerprint density at radius 1 is 1.25 bits per heavy atom. The Bertz CT molecular complexity index is 33.5. The summed E-state index contributed by atoms with van der Waals surface area (Å²) in [6, 6.07) is 0. The van der Waals surface area contributed by atoms with Crippen LogP contribution in [0.4, 0.5) is 0 Å². The van der Waals surface area contributed by atoms with Crippen molar-refractivity contribution < 1.29 is 22.1 Å². The Morgan fingerprint density at radius 2 is 2.00 bits per heavy atom. The van der Waals surface area contributed by atoms with Crippen molar-refractivity contribution in [2.24, 2.45) is 0 Å². The van der Waals surface area contributed by atoms with E-state index in [1.807, 2.05) is 0 Å². The Kier molecular flexibility index (Phi) is 9.90. The predicted octanol–water partition coefficient (Wildman–Crippen LogP) is 3.38. The first-order chi connectivity index (χ1) is 3.91. The zero-order chi connectivity index (χ0) is 6.24. The van der Waals surface area contributed by atoms with Gasteiger partial charge in [0.25, 0.3) is 0 Å². The molecule has 0 bridgehead atoms. The molecule has 0 rings (SSSR count). The summed E-state index contributed by atoms with van der Waals surface area (Å²) in [7, 11) is 0. The summed E-state index contributed by atoms with van der Waals surface area (Å²) >= 11 is 3.23. The molecular weight excluding hydrogens is 353 g/mol. The van der Waals surface area contributed by atoms with Gasteiger partial charge in [-0.15, -0.1) is 0 Å². The van der Waals surface area contributed by atoms with E-state index in [0.29, 0.717) is 0 Å². The van der Waals surface area contributed by atoms with E-state index in [1.54, 1.807) is 3.93 Å². The second-order valence-corrected chi connectivity index (χ2v) is 13.3. The Balaban J connectivity index is 2.53. The maximum atomic E-state index is 3.62. The van der Waals surface area contributed by atoms with Crippen molar-refractivity contribution in [3.8, 4) is 0 Å². The van der Waals surface area contributed by atoms with Crippen LogP contribution in [0.5, 0.6) is 0 Å². The molecule has 0 aliphatic rings. The van der Waals surface area contributed by atoms with Crippen molar-refractivity contribution in [1.82, 2.24) is 0 Å². The van der Waals surface area contributed by atoms with Gasteiger partial charge in [0.2, 0.25) is 0 Å². The summed E-state index contributed by atoms with van der Waals surface area (Å²) in [5, 5.41) is 0. The molecule has 0 atom stereocenters. The van der Waals surface area contributed by atoms with Gasteiger partial charge < -0.3 is 0 Å². The minimum atomic E-state index is -0.389. The topological polar surface area (TPSA) is 0 Å². The summed E-state index contributed by atoms with van der Waals surface area (Å²) in [6.45, 7) is 2.26. The molecular formula is C6H13BrHg. The zero-order valence-electron chi connectivity index (χ0n) is 5.62. The first kappa shape index (κ1) is 9.42. The molecule has 0 aromatic carbocycles. The second kappa shape index (κ2) is 8.42. The van der Waals surface area contributed by atoms with Gasteiger partial charge in [-0.3, -0.25) is 0 Å². The van der Waals surface area contributed by atoms with Crippen LogP contribution in [0.25, 0.3) is 0 Å². The maximum absolute atomic E-state index is 3.62. The molecule has 46 valence electrons. The SMILES string of the molecule is CCCCC[CH2][Hg][Br]. The fraction of sp³-hybridized carbons (Fsp3) is 1.00. The molecule has 0 aromatic rings. The van der Waals surface area contributed by atoms with Crippen molar-refractivity contribution in [3.05, 3.63) is 0 Å². The summed E-state index contributed by atoms with van der Waals surface area (Å²) in [6.07, 6.45) is 5.79. The van der Waals surface area contributed by atoms with Crippen LogP contribution in [-0.2, 0) is 22.1 Å². The van der Waals surface area contributed by atoms with Crippen LogP contribution in [-0.4, -0.2) is 0 Å². The third-order valence-electron chi connectivity index (χ3n) is 1.24. The molecule has 0 spiro atoms. The van der Waals surface area contributed by atoms with E-state index in [-0.39, 0.29) is 22.1 Å². The van der Waals surface area contributed by atoms with Crippen LogP contribution in [0.2, 0.25) is 3.93 Å². The van der Waals surface area contributed by atoms with Crippen LogP contribution < -0.4 is 0 Å². The molecule has 0 amide bonds. The van der Waals surface area contributed by atoms with Crippen molar-refractivity contribution in [1.29, 1.82) is 0 Å². The van der Waals surface area contributed by atoms with E-state index >= 15 is 0 Å². The Labute approximate surface area is 70.1 Å². The van der Waals surface area contributed by atoms with E-state index in [4.69, 9.17) is 0 Å². The van der Waals surface area contributed by atoms with E-state index in [1.165, 1.54) is 25.7 Å². The molecule has 8 heavy (non-hydrogen) atoms. The first-order valence-corrected chi connectivity index (χ1v) is 19.3. The van der Waals surface area contributed by atoms with E-state index in [9.17, 15) is 0 Å². The molecule has 0 saturated carbocycles. The van der Waals surface area contributed by atoms with Gasteiger partial charge in [0.15, 0.2) is 0 Å². The van der Waals surface area contributed by atoms with Gasteiger partial charge in [-0.25, -0.2) is 0 Å². The van der Waals surface area contributed by atoms with Crippen LogP contribution in [0.1, 0.15) is 32.6 Å². The number of rotatable bonds is 5. The van der Waals surface area contributed by atoms with Gasteiger partial charge in [0, 0.05) is 0 Å². The van der Waals surface area contributed by atoms with E-state index in [2.05, 4.69) is 18.8 Å². The molecule has 0 aliphatic heterocycles. The molecule has 0 aromatic heterocycles. The Hall–Kier alpha value is 1.42. The third-order valence-corrected chi connectivity index (χ3v) is 9.14. The van der Waals surface area contributed by atoms with Crippen LogP contribution in [0, 0.1) is 0 Å². The normalized spacial score (nSPS) is 8.75. The predicted molar refractivity (Wildman–Crippen MR) is 37.9 cm³/mol. The van der Waals surface area contributed by atoms with Crippen molar-refractivity contribution in [3.63, 3.8) is 0 Å². The molecule has 0 aliphatic carbocycles. The number of halogens is 1. The second-order valence-electron chi connectivity index (χ2n) is 2.10. The first-order valence-electron chi connectivity index (χ1n) is 3.47. The van der Waals surface area contributed by atoms with Gasteiger partial charge in [0.05, 0.1) is 0 Å². The summed E-state index contributed by atoms with van der Waals surface area (Å²) in [5.74, 6) is 0. The fourth-order valence-electron chi connectivity index (χ4n) is 0.698. The molecule has 0 unspecified atom stereocenters. The van der Waals surface area contributed by atoms with Crippen molar-refractivity contribution in [2.45, 2.75) is 36.5 Å². The average molecular weight is 366 g/mol. The van der Waals surface area contributed by atoms with Crippen molar-refractivity contribution >= 4 is 11.9 Å². The van der Waals surface area contributed by atoms with Gasteiger partial charge >= 0.3 is 70.6 Å². The number of hydrogen-bond acceptors (Lipinski definition) is 0. The summed E-state index contributed by atoms with van der Waals surface area (Å²) in [4.78, 5) is 0. The van der Waals surface area contributed by atoms with E-state index in [0.717, 1.165) is 0 Å². The van der Waals surface area contributed by atoms with Gasteiger partial charge in [-0.1, -0.05) is 0 Å². The van der Waals surface area contributed by atoms with Gasteiger partial charge in [-0.2, -0.15) is 0 Å². The summed E-state index contributed by atoms with van der Waals surface area (Å²) < 4.78 is 1.57. The number of hydrogen-bond donors (Lipinski definition) is 0. The molecule has 0 saturated heterocycles. The monoisotopic (exact) mass is 366 g/mol. The number of unbranched alkanes of at least 4 members (excludes halogenated alkanes) is 3. The van der Waals surface area contributed by atoms with Gasteiger partial charge in [0.1, 0.15) is 0 Å². The minimum absolute atomic E-state index is 0.389. The van der Waals surface area contributed by atoms with Crippen LogP contribution in [0.3, 0.4) is 0 Å². The standard InChI is InChI=1S/C6H13.BrH.Hg/c1-3-5-6-4-2;;/h1,3-6H2,2H3;1H;/q;;+1/p-1. The quantitative estimate of drug-likeness (QED) is 0.517. The molecule has 0 N–H and O–H groups in total. The molecule has 0 radical (unpaired) electrons. The van der Waals surface area contributed by atoms with Crippen LogP contribution in [0.15, 0.2) is 0 Å². The molecule has 0 nitrogen and oxygen atoms in total. The van der Waals surface area contributed by atoms with Gasteiger partial charge in [-0.05, 0) is 0 Å². The molecule has 0 fully saturated rings. The Morgan fingerprint density at radius 3 is 2.50 bits per heavy atom. The van der Waals surface area contributed by atoms with E-state index < -0.39 is 0 Å². The van der Waals surface area contributed by atoms with Crippen LogP contribution >= 0.6 is 11.9 Å². The zero-order valence-corrected chi connectivity index (χ0v) is 12.7. The molecule has 0 heterocycles. The fourth-order valence-corrected chi connectivity index (χ4v) is 6.29.